The fraction of sp³-hybridized carbons (Fsp3) is 1.00. The van der Waals surface area contributed by atoms with Crippen LogP contribution in [0.15, 0.2) is 0 Å². The zero-order valence-electron chi connectivity index (χ0n) is 15.6. The van der Waals surface area contributed by atoms with Crippen LogP contribution in [0, 0.1) is 11.3 Å². The number of rotatable bonds is 8. The molecule has 1 aliphatic heterocycles. The number of hydrogen-bond acceptors (Lipinski definition) is 5. The van der Waals surface area contributed by atoms with Gasteiger partial charge in [-0.05, 0) is 25.2 Å². The van der Waals surface area contributed by atoms with Crippen molar-refractivity contribution < 1.29 is 24.8 Å². The maximum absolute atomic E-state index is 10.7. The third kappa shape index (κ3) is 4.26. The van der Waals surface area contributed by atoms with Gasteiger partial charge >= 0.3 is 0 Å². The van der Waals surface area contributed by atoms with Gasteiger partial charge < -0.3 is 24.8 Å². The van der Waals surface area contributed by atoms with Crippen molar-refractivity contribution in [3.63, 3.8) is 0 Å². The smallest absolute Gasteiger partial charge is 0.187 e. The lowest BCUT2D eigenvalue weighted by Gasteiger charge is -2.50. The van der Waals surface area contributed by atoms with Gasteiger partial charge in [0.2, 0.25) is 0 Å². The second-order valence-corrected chi connectivity index (χ2v) is 7.37. The highest BCUT2D eigenvalue weighted by Gasteiger charge is 2.52. The predicted molar refractivity (Wildman–Crippen MR) is 90.0 cm³/mol. The first kappa shape index (κ1) is 20.8. The summed E-state index contributed by atoms with van der Waals surface area (Å²) < 4.78 is 11.9. The first-order valence-corrected chi connectivity index (χ1v) is 9.02. The Labute approximate surface area is 141 Å². The van der Waals surface area contributed by atoms with Crippen LogP contribution in [0.25, 0.3) is 0 Å². The third-order valence-corrected chi connectivity index (χ3v) is 6.20. The van der Waals surface area contributed by atoms with E-state index in [9.17, 15) is 15.3 Å². The molecule has 1 saturated heterocycles. The molecule has 1 heterocycles. The summed E-state index contributed by atoms with van der Waals surface area (Å²) >= 11 is 0. The predicted octanol–water partition coefficient (Wildman–Crippen LogP) is 2.46. The number of ether oxygens (including phenoxy) is 2. The maximum Gasteiger partial charge on any atom is 0.187 e. The molecule has 0 radical (unpaired) electrons. The van der Waals surface area contributed by atoms with Gasteiger partial charge in [0.15, 0.2) is 6.29 Å². The zero-order valence-corrected chi connectivity index (χ0v) is 15.6. The quantitative estimate of drug-likeness (QED) is 0.636. The van der Waals surface area contributed by atoms with Crippen molar-refractivity contribution in [1.82, 2.24) is 0 Å². The molecule has 138 valence electrons. The number of aliphatic hydroxyl groups excluding tert-OH is 3. The minimum Gasteiger partial charge on any atom is -0.394 e. The van der Waals surface area contributed by atoms with Gasteiger partial charge in [-0.2, -0.15) is 0 Å². The van der Waals surface area contributed by atoms with Crippen molar-refractivity contribution in [3.05, 3.63) is 0 Å². The summed E-state index contributed by atoms with van der Waals surface area (Å²) in [6.45, 7) is 12.0. The molecule has 1 aliphatic rings. The van der Waals surface area contributed by atoms with Crippen LogP contribution < -0.4 is 0 Å². The van der Waals surface area contributed by atoms with E-state index >= 15 is 0 Å². The summed E-state index contributed by atoms with van der Waals surface area (Å²) in [4.78, 5) is 0. The SMILES string of the molecule is CCC(C)(CC)O[C@@H]1OC(CO)[C@@H](C(C)(CC)CC)C(O)C1O. The molecule has 5 heteroatoms. The summed E-state index contributed by atoms with van der Waals surface area (Å²) in [5, 5.41) is 31.1. The van der Waals surface area contributed by atoms with Crippen LogP contribution in [0.5, 0.6) is 0 Å². The average molecular weight is 332 g/mol. The van der Waals surface area contributed by atoms with E-state index in [0.717, 1.165) is 25.7 Å². The summed E-state index contributed by atoms with van der Waals surface area (Å²) in [7, 11) is 0. The van der Waals surface area contributed by atoms with E-state index in [1.165, 1.54) is 0 Å². The van der Waals surface area contributed by atoms with Crippen molar-refractivity contribution in [2.45, 2.75) is 97.4 Å². The first-order chi connectivity index (χ1) is 10.7. The fourth-order valence-electron chi connectivity index (χ4n) is 3.46. The summed E-state index contributed by atoms with van der Waals surface area (Å²) in [6.07, 6.45) is -0.313. The van der Waals surface area contributed by atoms with Crippen LogP contribution in [0.2, 0.25) is 0 Å². The molecule has 0 aliphatic carbocycles. The van der Waals surface area contributed by atoms with E-state index in [0.29, 0.717) is 0 Å². The average Bonchev–Trinajstić information content (AvgIpc) is 2.57. The van der Waals surface area contributed by atoms with Gasteiger partial charge in [-0.3, -0.25) is 0 Å². The Morgan fingerprint density at radius 1 is 0.913 bits per heavy atom. The van der Waals surface area contributed by atoms with Crippen molar-refractivity contribution in [2.24, 2.45) is 11.3 Å². The monoisotopic (exact) mass is 332 g/mol. The molecule has 0 bridgehead atoms. The van der Waals surface area contributed by atoms with Gasteiger partial charge in [-0.1, -0.05) is 47.5 Å². The van der Waals surface area contributed by atoms with Crippen LogP contribution in [0.3, 0.4) is 0 Å². The Hall–Kier alpha value is -0.200. The van der Waals surface area contributed by atoms with Gasteiger partial charge in [0, 0.05) is 5.92 Å². The van der Waals surface area contributed by atoms with Gasteiger partial charge in [-0.15, -0.1) is 0 Å². The zero-order chi connectivity index (χ0) is 17.8. The standard InChI is InChI=1S/C18H36O5/c1-7-17(5,8-2)13-12(11-19)22-16(15(21)14(13)20)23-18(6,9-3)10-4/h12-16,19-21H,7-11H2,1-6H3/t12?,13-,14?,15?,16+/m1/s1. The maximum atomic E-state index is 10.7. The van der Waals surface area contributed by atoms with E-state index in [1.807, 2.05) is 20.8 Å². The van der Waals surface area contributed by atoms with E-state index in [1.54, 1.807) is 0 Å². The molecule has 0 aromatic heterocycles. The molecule has 5 nitrogen and oxygen atoms in total. The molecule has 0 spiro atoms. The van der Waals surface area contributed by atoms with Crippen LogP contribution in [-0.4, -0.2) is 52.1 Å². The molecular formula is C18H36O5. The largest absolute Gasteiger partial charge is 0.394 e. The second kappa shape index (κ2) is 8.26. The van der Waals surface area contributed by atoms with Crippen LogP contribution in [-0.2, 0) is 9.47 Å². The lowest BCUT2D eigenvalue weighted by molar-refractivity contribution is -0.328. The molecule has 0 aromatic carbocycles. The molecule has 3 unspecified atom stereocenters. The lowest BCUT2D eigenvalue weighted by atomic mass is 9.66. The molecule has 23 heavy (non-hydrogen) atoms. The number of aliphatic hydroxyl groups is 3. The molecule has 3 N–H and O–H groups in total. The molecule has 5 atom stereocenters. The highest BCUT2D eigenvalue weighted by molar-refractivity contribution is 4.97. The normalized spacial score (nSPS) is 33.0. The van der Waals surface area contributed by atoms with Crippen molar-refractivity contribution >= 4 is 0 Å². The third-order valence-electron chi connectivity index (χ3n) is 6.20. The van der Waals surface area contributed by atoms with Crippen LogP contribution >= 0.6 is 0 Å². The van der Waals surface area contributed by atoms with E-state index in [2.05, 4.69) is 20.8 Å². The molecule has 0 saturated carbocycles. The Kier molecular flexibility index (Phi) is 7.48. The van der Waals surface area contributed by atoms with Gasteiger partial charge in [0.05, 0.1) is 24.4 Å². The van der Waals surface area contributed by atoms with E-state index in [4.69, 9.17) is 9.47 Å². The summed E-state index contributed by atoms with van der Waals surface area (Å²) in [5.74, 6) is -0.327. The molecule has 0 aromatic rings. The van der Waals surface area contributed by atoms with Crippen LogP contribution in [0.1, 0.15) is 67.2 Å². The van der Waals surface area contributed by atoms with E-state index < -0.39 is 30.2 Å². The molecule has 1 fully saturated rings. The van der Waals surface area contributed by atoms with Gasteiger partial charge in [0.1, 0.15) is 6.10 Å². The fourth-order valence-corrected chi connectivity index (χ4v) is 3.46. The van der Waals surface area contributed by atoms with Gasteiger partial charge in [0.25, 0.3) is 0 Å². The Bertz CT molecular complexity index is 347. The second-order valence-electron chi connectivity index (χ2n) is 7.37. The summed E-state index contributed by atoms with van der Waals surface area (Å²) in [6, 6.07) is 0. The molecule has 1 rings (SSSR count). The van der Waals surface area contributed by atoms with Crippen LogP contribution in [0.4, 0.5) is 0 Å². The van der Waals surface area contributed by atoms with Gasteiger partial charge in [-0.25, -0.2) is 0 Å². The Morgan fingerprint density at radius 2 is 1.43 bits per heavy atom. The van der Waals surface area contributed by atoms with Crippen molar-refractivity contribution in [2.75, 3.05) is 6.61 Å². The number of hydrogen-bond donors (Lipinski definition) is 3. The highest BCUT2D eigenvalue weighted by atomic mass is 16.7. The minimum atomic E-state index is -1.11. The van der Waals surface area contributed by atoms with Crippen molar-refractivity contribution in [3.8, 4) is 0 Å². The highest BCUT2D eigenvalue weighted by Crippen LogP contribution is 2.44. The Balaban J connectivity index is 3.02. The minimum absolute atomic E-state index is 0.196. The lowest BCUT2D eigenvalue weighted by Crippen LogP contribution is -2.61. The van der Waals surface area contributed by atoms with Crippen molar-refractivity contribution in [1.29, 1.82) is 0 Å². The molecule has 0 amide bonds. The first-order valence-electron chi connectivity index (χ1n) is 9.02. The molecular weight excluding hydrogens is 296 g/mol. The Morgan fingerprint density at radius 3 is 1.83 bits per heavy atom. The van der Waals surface area contributed by atoms with E-state index in [-0.39, 0.29) is 17.9 Å². The topological polar surface area (TPSA) is 79.2 Å². The summed E-state index contributed by atoms with van der Waals surface area (Å²) in [5.41, 5.74) is -0.630.